The van der Waals surface area contributed by atoms with Gasteiger partial charge in [0.05, 0.1) is 6.10 Å². The lowest BCUT2D eigenvalue weighted by atomic mass is 10.4. The van der Waals surface area contributed by atoms with E-state index in [1.165, 1.54) is 11.3 Å². The van der Waals surface area contributed by atoms with Gasteiger partial charge >= 0.3 is 0 Å². The van der Waals surface area contributed by atoms with Crippen LogP contribution in [0.2, 0.25) is 0 Å². The number of hydrogen-bond acceptors (Lipinski definition) is 3. The number of carbonyl (C=O) groups excluding carboxylic acids is 1. The highest BCUT2D eigenvalue weighted by molar-refractivity contribution is 7.12. The molecule has 58 valence electrons. The summed E-state index contributed by atoms with van der Waals surface area (Å²) in [6, 6.07) is 1.85. The van der Waals surface area contributed by atoms with Crippen LogP contribution >= 0.6 is 11.3 Å². The number of rotatable bonds is 3. The second-order valence-corrected chi connectivity index (χ2v) is 3.53. The Hall–Kier alpha value is -0.830. The molecule has 0 saturated heterocycles. The van der Waals surface area contributed by atoms with E-state index in [1.807, 2.05) is 11.4 Å². The maximum atomic E-state index is 10.4. The van der Waals surface area contributed by atoms with Crippen LogP contribution in [0.25, 0.3) is 0 Å². The van der Waals surface area contributed by atoms with Crippen LogP contribution in [0.1, 0.15) is 22.5 Å². The first-order valence-corrected chi connectivity index (χ1v) is 4.47. The van der Waals surface area contributed by atoms with E-state index in [-0.39, 0.29) is 0 Å². The van der Waals surface area contributed by atoms with Crippen LogP contribution in [0, 0.1) is 0 Å². The van der Waals surface area contributed by atoms with Crippen molar-refractivity contribution in [2.45, 2.75) is 18.9 Å². The van der Waals surface area contributed by atoms with Crippen molar-refractivity contribution in [3.63, 3.8) is 0 Å². The van der Waals surface area contributed by atoms with Crippen molar-refractivity contribution in [3.05, 3.63) is 16.3 Å². The summed E-state index contributed by atoms with van der Waals surface area (Å²) in [6.07, 6.45) is 3.49. The third-order valence-corrected chi connectivity index (χ3v) is 2.41. The molecule has 0 bridgehead atoms. The molecule has 11 heavy (non-hydrogen) atoms. The summed E-state index contributed by atoms with van der Waals surface area (Å²) in [5, 5.41) is 1.88. The minimum absolute atomic E-state index is 0.378. The molecule has 1 aromatic rings. The third-order valence-electron chi connectivity index (χ3n) is 1.58. The maximum Gasteiger partial charge on any atom is 0.163 e. The molecule has 2 nitrogen and oxygen atoms in total. The molecule has 3 heteroatoms. The van der Waals surface area contributed by atoms with Crippen LogP contribution in [0.15, 0.2) is 11.4 Å². The van der Waals surface area contributed by atoms with Gasteiger partial charge in [0.25, 0.3) is 0 Å². The van der Waals surface area contributed by atoms with E-state index >= 15 is 0 Å². The highest BCUT2D eigenvalue weighted by Gasteiger charge is 2.24. The average Bonchev–Trinajstić information content (AvgIpc) is 2.68. The molecule has 1 aromatic heterocycles. The Morgan fingerprint density at radius 3 is 3.09 bits per heavy atom. The standard InChI is InChI=1S/C8H8O2S/c9-5-8-7(3-4-11-8)10-6-1-2-6/h3-6H,1-2H2. The second kappa shape index (κ2) is 2.66. The van der Waals surface area contributed by atoms with Crippen molar-refractivity contribution in [1.82, 2.24) is 0 Å². The average molecular weight is 168 g/mol. The van der Waals surface area contributed by atoms with E-state index in [0.29, 0.717) is 11.0 Å². The van der Waals surface area contributed by atoms with E-state index < -0.39 is 0 Å². The minimum Gasteiger partial charge on any atom is -0.489 e. The Kier molecular flexibility index (Phi) is 1.66. The summed E-state index contributed by atoms with van der Waals surface area (Å²) in [5.41, 5.74) is 0. The van der Waals surface area contributed by atoms with Crippen molar-refractivity contribution < 1.29 is 9.53 Å². The van der Waals surface area contributed by atoms with E-state index in [4.69, 9.17) is 4.74 Å². The van der Waals surface area contributed by atoms with Crippen LogP contribution in [0.5, 0.6) is 5.75 Å². The molecule has 1 fully saturated rings. The van der Waals surface area contributed by atoms with Gasteiger partial charge in [-0.15, -0.1) is 11.3 Å². The van der Waals surface area contributed by atoms with E-state index in [2.05, 4.69) is 0 Å². The lowest BCUT2D eigenvalue weighted by Gasteiger charge is -1.99. The maximum absolute atomic E-state index is 10.4. The first-order chi connectivity index (χ1) is 5.40. The molecule has 0 unspecified atom stereocenters. The Bertz CT molecular complexity index is 263. The third kappa shape index (κ3) is 1.43. The van der Waals surface area contributed by atoms with Crippen LogP contribution < -0.4 is 4.74 Å². The molecule has 0 spiro atoms. The van der Waals surface area contributed by atoms with Crippen LogP contribution in [-0.2, 0) is 0 Å². The smallest absolute Gasteiger partial charge is 0.163 e. The highest BCUT2D eigenvalue weighted by Crippen LogP contribution is 2.30. The first-order valence-electron chi connectivity index (χ1n) is 3.59. The Labute approximate surface area is 68.8 Å². The Balaban J connectivity index is 2.13. The molecule has 1 heterocycles. The highest BCUT2D eigenvalue weighted by atomic mass is 32.1. The number of carbonyl (C=O) groups is 1. The van der Waals surface area contributed by atoms with Gasteiger partial charge in [0.15, 0.2) is 6.29 Å². The molecule has 1 aliphatic carbocycles. The zero-order chi connectivity index (χ0) is 7.68. The van der Waals surface area contributed by atoms with Gasteiger partial charge < -0.3 is 4.74 Å². The number of thiophene rings is 1. The topological polar surface area (TPSA) is 26.3 Å². The van der Waals surface area contributed by atoms with Crippen LogP contribution in [0.3, 0.4) is 0 Å². The largest absolute Gasteiger partial charge is 0.489 e. The van der Waals surface area contributed by atoms with Gasteiger partial charge in [-0.05, 0) is 24.3 Å². The fourth-order valence-electron chi connectivity index (χ4n) is 0.858. The summed E-state index contributed by atoms with van der Waals surface area (Å²) in [5.74, 6) is 0.757. The van der Waals surface area contributed by atoms with E-state index in [0.717, 1.165) is 24.9 Å². The zero-order valence-electron chi connectivity index (χ0n) is 5.95. The second-order valence-electron chi connectivity index (χ2n) is 2.58. The number of ether oxygens (including phenoxy) is 1. The quantitative estimate of drug-likeness (QED) is 0.646. The lowest BCUT2D eigenvalue weighted by molar-refractivity contribution is 0.112. The molecular formula is C8H8O2S. The van der Waals surface area contributed by atoms with Gasteiger partial charge in [0.1, 0.15) is 10.6 Å². The zero-order valence-corrected chi connectivity index (χ0v) is 6.76. The van der Waals surface area contributed by atoms with Crippen LogP contribution in [-0.4, -0.2) is 12.4 Å². The first kappa shape index (κ1) is 6.85. The van der Waals surface area contributed by atoms with Gasteiger partial charge in [-0.1, -0.05) is 0 Å². The number of hydrogen-bond donors (Lipinski definition) is 0. The summed E-state index contributed by atoms with van der Waals surface area (Å²) >= 11 is 1.43. The van der Waals surface area contributed by atoms with Gasteiger partial charge in [0.2, 0.25) is 0 Å². The molecule has 0 radical (unpaired) electrons. The molecule has 0 N–H and O–H groups in total. The fourth-order valence-corrected chi connectivity index (χ4v) is 1.48. The molecule has 1 saturated carbocycles. The SMILES string of the molecule is O=Cc1sccc1OC1CC1. The normalized spacial score (nSPS) is 16.4. The van der Waals surface area contributed by atoms with Crippen molar-refractivity contribution in [3.8, 4) is 5.75 Å². The monoisotopic (exact) mass is 168 g/mol. The number of aldehydes is 1. The van der Waals surface area contributed by atoms with Crippen LogP contribution in [0.4, 0.5) is 0 Å². The molecule has 0 amide bonds. The predicted octanol–water partition coefficient (Wildman–Crippen LogP) is 2.10. The predicted molar refractivity (Wildman–Crippen MR) is 43.4 cm³/mol. The molecular weight excluding hydrogens is 160 g/mol. The molecule has 0 atom stereocenters. The molecule has 1 aliphatic rings. The fraction of sp³-hybridized carbons (Fsp3) is 0.375. The summed E-state index contributed by atoms with van der Waals surface area (Å²) in [6.45, 7) is 0. The van der Waals surface area contributed by atoms with Gasteiger partial charge in [0, 0.05) is 0 Å². The Morgan fingerprint density at radius 2 is 2.45 bits per heavy atom. The van der Waals surface area contributed by atoms with Crippen molar-refractivity contribution in [2.24, 2.45) is 0 Å². The molecule has 0 aromatic carbocycles. The van der Waals surface area contributed by atoms with Crippen molar-refractivity contribution in [1.29, 1.82) is 0 Å². The van der Waals surface area contributed by atoms with Crippen molar-refractivity contribution >= 4 is 17.6 Å². The minimum atomic E-state index is 0.378. The van der Waals surface area contributed by atoms with Gasteiger partial charge in [-0.2, -0.15) is 0 Å². The summed E-state index contributed by atoms with van der Waals surface area (Å²) < 4.78 is 5.47. The van der Waals surface area contributed by atoms with E-state index in [9.17, 15) is 4.79 Å². The lowest BCUT2D eigenvalue weighted by Crippen LogP contribution is -1.95. The summed E-state index contributed by atoms with van der Waals surface area (Å²) in [4.78, 5) is 11.1. The summed E-state index contributed by atoms with van der Waals surface area (Å²) in [7, 11) is 0. The van der Waals surface area contributed by atoms with E-state index in [1.54, 1.807) is 0 Å². The van der Waals surface area contributed by atoms with Crippen molar-refractivity contribution in [2.75, 3.05) is 0 Å². The van der Waals surface area contributed by atoms with Gasteiger partial charge in [-0.3, -0.25) is 4.79 Å². The van der Waals surface area contributed by atoms with Gasteiger partial charge in [-0.25, -0.2) is 0 Å². The molecule has 2 rings (SSSR count). The Morgan fingerprint density at radius 1 is 1.64 bits per heavy atom. The molecule has 0 aliphatic heterocycles.